The van der Waals surface area contributed by atoms with Crippen molar-refractivity contribution in [2.75, 3.05) is 6.54 Å². The van der Waals surface area contributed by atoms with E-state index in [1.165, 1.54) is 12.1 Å². The van der Waals surface area contributed by atoms with Crippen molar-refractivity contribution in [1.82, 2.24) is 20.6 Å². The molecule has 0 aliphatic rings. The van der Waals surface area contributed by atoms with E-state index in [0.717, 1.165) is 17.5 Å². The molecule has 0 aliphatic carbocycles. The van der Waals surface area contributed by atoms with Crippen LogP contribution in [-0.4, -0.2) is 34.4 Å². The number of carbonyl (C=O) groups excluding carboxylic acids is 2. The maximum atomic E-state index is 12.8. The first-order valence-electron chi connectivity index (χ1n) is 12.1. The second kappa shape index (κ2) is 11.8. The average Bonchev–Trinajstić information content (AvgIpc) is 2.92. The van der Waals surface area contributed by atoms with Crippen LogP contribution in [0.15, 0.2) is 94.5 Å². The van der Waals surface area contributed by atoms with Crippen molar-refractivity contribution in [3.8, 4) is 22.5 Å². The van der Waals surface area contributed by atoms with Crippen LogP contribution in [0, 0.1) is 0 Å². The zero-order chi connectivity index (χ0) is 26.2. The first-order chi connectivity index (χ1) is 18.0. The van der Waals surface area contributed by atoms with Crippen molar-refractivity contribution >= 4 is 11.8 Å². The van der Waals surface area contributed by atoms with Crippen LogP contribution in [0.25, 0.3) is 22.5 Å². The normalized spacial score (nSPS) is 11.5. The number of nitrogens with one attached hydrogen (secondary N) is 4. The van der Waals surface area contributed by atoms with Crippen LogP contribution in [0.2, 0.25) is 0 Å². The van der Waals surface area contributed by atoms with Gasteiger partial charge in [0.1, 0.15) is 11.1 Å². The molecule has 4 N–H and O–H groups in total. The summed E-state index contributed by atoms with van der Waals surface area (Å²) in [7, 11) is 0. The molecule has 8 nitrogen and oxygen atoms in total. The number of amides is 2. The fraction of sp³-hybridized carbons (Fsp3) is 0.172. The maximum absolute atomic E-state index is 12.8. The molecule has 37 heavy (non-hydrogen) atoms. The van der Waals surface area contributed by atoms with Gasteiger partial charge in [0.15, 0.2) is 0 Å². The monoisotopic (exact) mass is 496 g/mol. The predicted molar refractivity (Wildman–Crippen MR) is 143 cm³/mol. The molecule has 0 fully saturated rings. The van der Waals surface area contributed by atoms with Crippen molar-refractivity contribution in [2.24, 2.45) is 0 Å². The van der Waals surface area contributed by atoms with Gasteiger partial charge in [-0.05, 0) is 41.8 Å². The maximum Gasteiger partial charge on any atom is 0.261 e. The molecule has 188 valence electrons. The molecule has 1 unspecified atom stereocenters. The summed E-state index contributed by atoms with van der Waals surface area (Å²) in [5, 5.41) is 5.55. The summed E-state index contributed by atoms with van der Waals surface area (Å²) < 4.78 is 0. The Kier molecular flexibility index (Phi) is 8.10. The lowest BCUT2D eigenvalue weighted by Crippen LogP contribution is -2.45. The molecule has 4 rings (SSSR count). The van der Waals surface area contributed by atoms with Crippen molar-refractivity contribution in [3.05, 3.63) is 117 Å². The molecule has 2 amide bonds. The lowest BCUT2D eigenvalue weighted by molar-refractivity contribution is 0.0905. The highest BCUT2D eigenvalue weighted by atomic mass is 16.2. The minimum absolute atomic E-state index is 0.0138. The van der Waals surface area contributed by atoms with Gasteiger partial charge in [0, 0.05) is 24.0 Å². The minimum atomic E-state index is -0.540. The highest BCUT2D eigenvalue weighted by Gasteiger charge is 2.18. The summed E-state index contributed by atoms with van der Waals surface area (Å²) in [6, 6.07) is 24.6. The number of hydrogen-bond acceptors (Lipinski definition) is 4. The Morgan fingerprint density at radius 1 is 0.703 bits per heavy atom. The van der Waals surface area contributed by atoms with E-state index < -0.39 is 29.0 Å². The molecule has 4 aromatic rings. The van der Waals surface area contributed by atoms with Gasteiger partial charge in [-0.25, -0.2) is 0 Å². The van der Waals surface area contributed by atoms with Gasteiger partial charge in [0.05, 0.1) is 0 Å². The first-order valence-corrected chi connectivity index (χ1v) is 12.1. The van der Waals surface area contributed by atoms with Crippen LogP contribution in [0.1, 0.15) is 40.5 Å². The van der Waals surface area contributed by atoms with Crippen molar-refractivity contribution in [3.63, 3.8) is 0 Å². The third-order valence-electron chi connectivity index (χ3n) is 5.96. The number of aromatic nitrogens is 2. The smallest absolute Gasteiger partial charge is 0.261 e. The van der Waals surface area contributed by atoms with E-state index in [-0.39, 0.29) is 17.7 Å². The Hall–Kier alpha value is -4.72. The number of rotatable bonds is 9. The van der Waals surface area contributed by atoms with Gasteiger partial charge < -0.3 is 20.6 Å². The van der Waals surface area contributed by atoms with Crippen molar-refractivity contribution in [1.29, 1.82) is 0 Å². The first kappa shape index (κ1) is 25.4. The second-order valence-corrected chi connectivity index (χ2v) is 8.63. The minimum Gasteiger partial charge on any atom is -0.350 e. The van der Waals surface area contributed by atoms with Crippen LogP contribution in [-0.2, 0) is 0 Å². The van der Waals surface area contributed by atoms with Gasteiger partial charge in [-0.1, -0.05) is 74.0 Å². The van der Waals surface area contributed by atoms with E-state index >= 15 is 0 Å². The Labute approximate surface area is 213 Å². The molecule has 2 aromatic carbocycles. The Morgan fingerprint density at radius 3 is 1.65 bits per heavy atom. The number of carbonyl (C=O) groups is 2. The predicted octanol–water partition coefficient (Wildman–Crippen LogP) is 3.73. The fourth-order valence-electron chi connectivity index (χ4n) is 4.03. The van der Waals surface area contributed by atoms with Crippen molar-refractivity contribution in [2.45, 2.75) is 25.8 Å². The quantitative estimate of drug-likeness (QED) is 0.282. The SMILES string of the molecule is CCCC(CNC(=O)c1ccc(-c2ccccc2)[nH]c1=O)NC(=O)c1ccc(-c2ccccc2)[nH]c1=O. The molecular formula is C29H28N4O4. The molecule has 2 aromatic heterocycles. The van der Waals surface area contributed by atoms with E-state index in [9.17, 15) is 19.2 Å². The highest BCUT2D eigenvalue weighted by Crippen LogP contribution is 2.15. The zero-order valence-electron chi connectivity index (χ0n) is 20.4. The van der Waals surface area contributed by atoms with E-state index in [0.29, 0.717) is 17.8 Å². The molecular weight excluding hydrogens is 468 g/mol. The van der Waals surface area contributed by atoms with Gasteiger partial charge >= 0.3 is 0 Å². The van der Waals surface area contributed by atoms with Crippen LogP contribution in [0.4, 0.5) is 0 Å². The zero-order valence-corrected chi connectivity index (χ0v) is 20.4. The lowest BCUT2D eigenvalue weighted by atomic mass is 10.1. The Morgan fingerprint density at radius 2 is 1.19 bits per heavy atom. The summed E-state index contributed by atoms with van der Waals surface area (Å²) in [5.41, 5.74) is 1.87. The van der Waals surface area contributed by atoms with E-state index in [4.69, 9.17) is 0 Å². The fourth-order valence-corrected chi connectivity index (χ4v) is 4.03. The largest absolute Gasteiger partial charge is 0.350 e. The second-order valence-electron chi connectivity index (χ2n) is 8.63. The van der Waals surface area contributed by atoms with Gasteiger partial charge in [-0.2, -0.15) is 0 Å². The van der Waals surface area contributed by atoms with Crippen LogP contribution >= 0.6 is 0 Å². The van der Waals surface area contributed by atoms with Gasteiger partial charge in [-0.3, -0.25) is 19.2 Å². The summed E-state index contributed by atoms with van der Waals surface area (Å²) in [6.07, 6.45) is 1.33. The third kappa shape index (κ3) is 6.29. The van der Waals surface area contributed by atoms with Gasteiger partial charge in [0.25, 0.3) is 22.9 Å². The average molecular weight is 497 g/mol. The molecule has 2 heterocycles. The standard InChI is InChI=1S/C29H28N4O4/c1-2-9-21(31-27(35)23-15-17-25(33-29(23)37)20-12-7-4-8-13-20)18-30-26(34)22-14-16-24(32-28(22)36)19-10-5-3-6-11-19/h3-8,10-17,21H,2,9,18H2,1H3,(H,30,34)(H,31,35)(H,32,36)(H,33,37). The number of aromatic amines is 2. The number of H-pyrrole nitrogens is 2. The summed E-state index contributed by atoms with van der Waals surface area (Å²) in [5.74, 6) is -1.07. The summed E-state index contributed by atoms with van der Waals surface area (Å²) in [6.45, 7) is 2.06. The van der Waals surface area contributed by atoms with Gasteiger partial charge in [0.2, 0.25) is 0 Å². The molecule has 0 spiro atoms. The summed E-state index contributed by atoms with van der Waals surface area (Å²) in [4.78, 5) is 56.2. The van der Waals surface area contributed by atoms with Gasteiger partial charge in [-0.15, -0.1) is 0 Å². The molecule has 0 bridgehead atoms. The third-order valence-corrected chi connectivity index (χ3v) is 5.96. The molecule has 0 aliphatic heterocycles. The Balaban J connectivity index is 1.41. The molecule has 8 heteroatoms. The van der Waals surface area contributed by atoms with E-state index in [2.05, 4.69) is 20.6 Å². The number of hydrogen-bond donors (Lipinski definition) is 4. The lowest BCUT2D eigenvalue weighted by Gasteiger charge is -2.19. The molecule has 0 radical (unpaired) electrons. The molecule has 0 saturated heterocycles. The van der Waals surface area contributed by atoms with Crippen LogP contribution < -0.4 is 21.8 Å². The number of pyridine rings is 2. The topological polar surface area (TPSA) is 124 Å². The van der Waals surface area contributed by atoms with Crippen LogP contribution in [0.3, 0.4) is 0 Å². The van der Waals surface area contributed by atoms with Crippen molar-refractivity contribution < 1.29 is 9.59 Å². The van der Waals surface area contributed by atoms with Crippen LogP contribution in [0.5, 0.6) is 0 Å². The number of benzene rings is 2. The van der Waals surface area contributed by atoms with E-state index in [1.54, 1.807) is 12.1 Å². The Bertz CT molecular complexity index is 1490. The summed E-state index contributed by atoms with van der Waals surface area (Å²) >= 11 is 0. The molecule has 1 atom stereocenters. The molecule has 0 saturated carbocycles. The highest BCUT2D eigenvalue weighted by molar-refractivity contribution is 5.95. The van der Waals surface area contributed by atoms with E-state index in [1.807, 2.05) is 67.6 Å².